The van der Waals surface area contributed by atoms with E-state index in [0.29, 0.717) is 23.1 Å². The Morgan fingerprint density at radius 3 is 2.69 bits per heavy atom. The van der Waals surface area contributed by atoms with Crippen molar-refractivity contribution in [2.75, 3.05) is 0 Å². The Morgan fingerprint density at radius 1 is 1.12 bits per heavy atom. The molecule has 3 saturated carbocycles. The average molecular weight is 431 g/mol. The highest BCUT2D eigenvalue weighted by Crippen LogP contribution is 2.56. The molecule has 0 bridgehead atoms. The van der Waals surface area contributed by atoms with Crippen LogP contribution in [0.2, 0.25) is 0 Å². The van der Waals surface area contributed by atoms with E-state index >= 15 is 0 Å². The molecule has 32 heavy (non-hydrogen) atoms. The van der Waals surface area contributed by atoms with Crippen LogP contribution in [0.25, 0.3) is 5.65 Å². The van der Waals surface area contributed by atoms with E-state index in [1.165, 1.54) is 18.4 Å². The Morgan fingerprint density at radius 2 is 1.94 bits per heavy atom. The summed E-state index contributed by atoms with van der Waals surface area (Å²) in [5.41, 5.74) is 8.65. The Hall–Kier alpha value is -3.42. The van der Waals surface area contributed by atoms with Gasteiger partial charge in [0.2, 0.25) is 5.88 Å². The van der Waals surface area contributed by atoms with Crippen molar-refractivity contribution >= 4 is 17.5 Å². The number of nitrogens with one attached hydrogen (secondary N) is 1. The molecule has 8 heteroatoms. The molecule has 3 fully saturated rings. The number of pyridine rings is 2. The minimum Gasteiger partial charge on any atom is -0.474 e. The molecule has 2 amide bonds. The molecule has 0 unspecified atom stereocenters. The highest BCUT2D eigenvalue weighted by atomic mass is 16.5. The summed E-state index contributed by atoms with van der Waals surface area (Å²) >= 11 is 0. The summed E-state index contributed by atoms with van der Waals surface area (Å²) in [6.45, 7) is 0. The van der Waals surface area contributed by atoms with Gasteiger partial charge in [0, 0.05) is 18.4 Å². The summed E-state index contributed by atoms with van der Waals surface area (Å²) in [7, 11) is 0. The van der Waals surface area contributed by atoms with Crippen LogP contribution in [0.5, 0.6) is 5.88 Å². The van der Waals surface area contributed by atoms with Gasteiger partial charge in [-0.05, 0) is 73.6 Å². The van der Waals surface area contributed by atoms with Crippen molar-refractivity contribution in [3.63, 3.8) is 0 Å². The van der Waals surface area contributed by atoms with Gasteiger partial charge >= 0.3 is 0 Å². The van der Waals surface area contributed by atoms with Gasteiger partial charge in [0.25, 0.3) is 11.8 Å². The first-order chi connectivity index (χ1) is 15.5. The number of nitrogens with two attached hydrogens (primary N) is 1. The first kappa shape index (κ1) is 19.3. The molecule has 0 saturated heterocycles. The van der Waals surface area contributed by atoms with E-state index in [1.54, 1.807) is 24.5 Å². The Balaban J connectivity index is 1.05. The highest BCUT2D eigenvalue weighted by molar-refractivity contribution is 5.95. The summed E-state index contributed by atoms with van der Waals surface area (Å²) in [4.78, 5) is 33.1. The number of hydrogen-bond acceptors (Lipinski definition) is 5. The Labute approximate surface area is 185 Å². The molecule has 1 spiro atoms. The van der Waals surface area contributed by atoms with Crippen molar-refractivity contribution in [2.24, 2.45) is 11.1 Å². The molecule has 3 N–H and O–H groups in total. The van der Waals surface area contributed by atoms with E-state index in [2.05, 4.69) is 21.4 Å². The predicted octanol–water partition coefficient (Wildman–Crippen LogP) is 2.83. The molecule has 0 atom stereocenters. The Kier molecular flexibility index (Phi) is 4.25. The first-order valence-electron chi connectivity index (χ1n) is 11.2. The zero-order chi connectivity index (χ0) is 21.9. The van der Waals surface area contributed by atoms with Crippen LogP contribution >= 0.6 is 0 Å². The molecule has 0 aliphatic heterocycles. The average Bonchev–Trinajstić information content (AvgIpc) is 3.48. The largest absolute Gasteiger partial charge is 0.474 e. The number of amides is 2. The van der Waals surface area contributed by atoms with E-state index in [-0.39, 0.29) is 23.5 Å². The van der Waals surface area contributed by atoms with Gasteiger partial charge in [0.05, 0.1) is 6.20 Å². The number of fused-ring (bicyclic) bond motifs is 1. The normalized spacial score (nSPS) is 26.4. The van der Waals surface area contributed by atoms with Crippen LogP contribution in [0.1, 0.15) is 70.9 Å². The molecular formula is C24H25N5O3. The number of aromatic nitrogens is 3. The van der Waals surface area contributed by atoms with E-state index < -0.39 is 5.91 Å². The predicted molar refractivity (Wildman–Crippen MR) is 116 cm³/mol. The minimum atomic E-state index is -0.537. The monoisotopic (exact) mass is 431 g/mol. The molecular weight excluding hydrogens is 406 g/mol. The molecule has 3 aromatic heterocycles. The van der Waals surface area contributed by atoms with Crippen LogP contribution in [0.15, 0.2) is 42.9 Å². The van der Waals surface area contributed by atoms with E-state index in [1.807, 2.05) is 16.7 Å². The number of nitrogens with zero attached hydrogens (tertiary/aromatic N) is 3. The number of rotatable bonds is 6. The maximum atomic E-state index is 12.9. The van der Waals surface area contributed by atoms with Crippen molar-refractivity contribution < 1.29 is 14.3 Å². The lowest BCUT2D eigenvalue weighted by Gasteiger charge is -2.57. The lowest BCUT2D eigenvalue weighted by Crippen LogP contribution is -2.58. The van der Waals surface area contributed by atoms with Crippen LogP contribution in [0.3, 0.4) is 0 Å². The molecule has 3 aromatic rings. The molecule has 8 nitrogen and oxygen atoms in total. The summed E-state index contributed by atoms with van der Waals surface area (Å²) < 4.78 is 7.83. The van der Waals surface area contributed by atoms with Crippen molar-refractivity contribution in [2.45, 2.75) is 56.6 Å². The van der Waals surface area contributed by atoms with Gasteiger partial charge in [-0.15, -0.1) is 0 Å². The smallest absolute Gasteiger partial charge is 0.270 e. The number of hydrogen-bond donors (Lipinski definition) is 2. The second kappa shape index (κ2) is 7.05. The fraction of sp³-hybridized carbons (Fsp3) is 0.417. The van der Waals surface area contributed by atoms with Gasteiger partial charge in [-0.3, -0.25) is 14.0 Å². The minimum absolute atomic E-state index is 0.0271. The van der Waals surface area contributed by atoms with Gasteiger partial charge in [0.15, 0.2) is 0 Å². The summed E-state index contributed by atoms with van der Waals surface area (Å²) in [5.74, 6) is 0.284. The third-order valence-electron chi connectivity index (χ3n) is 7.15. The molecule has 0 aromatic carbocycles. The van der Waals surface area contributed by atoms with Crippen molar-refractivity contribution in [1.82, 2.24) is 19.7 Å². The van der Waals surface area contributed by atoms with Gasteiger partial charge in [0.1, 0.15) is 23.0 Å². The molecule has 0 radical (unpaired) electrons. The second-order valence-electron chi connectivity index (χ2n) is 9.52. The van der Waals surface area contributed by atoms with Crippen LogP contribution in [-0.2, 0) is 0 Å². The van der Waals surface area contributed by atoms with Crippen LogP contribution < -0.4 is 15.8 Å². The molecule has 3 aliphatic rings. The summed E-state index contributed by atoms with van der Waals surface area (Å²) in [5, 5.41) is 3.17. The van der Waals surface area contributed by atoms with Gasteiger partial charge in [-0.25, -0.2) is 9.97 Å². The van der Waals surface area contributed by atoms with Crippen molar-refractivity contribution in [3.8, 4) is 5.88 Å². The third kappa shape index (κ3) is 3.21. The van der Waals surface area contributed by atoms with E-state index in [0.717, 1.165) is 31.3 Å². The molecule has 3 heterocycles. The van der Waals surface area contributed by atoms with E-state index in [4.69, 9.17) is 10.5 Å². The second-order valence-corrected chi connectivity index (χ2v) is 9.52. The zero-order valence-corrected chi connectivity index (χ0v) is 17.7. The molecule has 3 aliphatic carbocycles. The number of primary amides is 1. The fourth-order valence-electron chi connectivity index (χ4n) is 5.41. The van der Waals surface area contributed by atoms with Gasteiger partial charge < -0.3 is 15.8 Å². The first-order valence-corrected chi connectivity index (χ1v) is 11.2. The lowest BCUT2D eigenvalue weighted by molar-refractivity contribution is -0.0848. The van der Waals surface area contributed by atoms with Crippen molar-refractivity contribution in [1.29, 1.82) is 0 Å². The molecule has 164 valence electrons. The fourth-order valence-corrected chi connectivity index (χ4v) is 5.41. The SMILES string of the molecule is NC(=O)c1cccnc1O[C@H]1CC2(C[C@H](NC(=O)c3cnc4c(C5CC5)cccn34)C2)C1. The maximum absolute atomic E-state index is 12.9. The highest BCUT2D eigenvalue weighted by Gasteiger charge is 2.54. The number of imidazole rings is 1. The number of carbonyl (C=O) groups is 2. The number of ether oxygens (including phenoxy) is 1. The maximum Gasteiger partial charge on any atom is 0.270 e. The van der Waals surface area contributed by atoms with Crippen LogP contribution in [-0.4, -0.2) is 38.3 Å². The quantitative estimate of drug-likeness (QED) is 0.623. The lowest BCUT2D eigenvalue weighted by atomic mass is 9.53. The zero-order valence-electron chi connectivity index (χ0n) is 17.7. The summed E-state index contributed by atoms with van der Waals surface area (Å²) in [6, 6.07) is 7.57. The summed E-state index contributed by atoms with van der Waals surface area (Å²) in [6.07, 6.45) is 11.3. The van der Waals surface area contributed by atoms with Gasteiger partial charge in [-0.2, -0.15) is 0 Å². The third-order valence-corrected chi connectivity index (χ3v) is 7.15. The van der Waals surface area contributed by atoms with E-state index in [9.17, 15) is 9.59 Å². The van der Waals surface area contributed by atoms with Crippen molar-refractivity contribution in [3.05, 3.63) is 59.7 Å². The van der Waals surface area contributed by atoms with Crippen LogP contribution in [0, 0.1) is 5.41 Å². The topological polar surface area (TPSA) is 112 Å². The van der Waals surface area contributed by atoms with Gasteiger partial charge in [-0.1, -0.05) is 6.07 Å². The number of carbonyl (C=O) groups excluding carboxylic acids is 2. The Bertz CT molecular complexity index is 1220. The van der Waals surface area contributed by atoms with Crippen LogP contribution in [0.4, 0.5) is 0 Å². The molecule has 6 rings (SSSR count). The standard InChI is InChI=1S/C24H25N5O3/c25-20(30)18-3-1-7-26-23(18)32-16-11-24(12-16)9-15(10-24)28-22(31)19-13-27-21-17(14-5-6-14)4-2-8-29(19)21/h1-4,7-8,13-16H,5-6,9-12H2,(H2,25,30)(H,28,31)/t15-,16-,24?.